The number of allylic oxidation sites excluding steroid dienone is 1. The largest absolute Gasteiger partial charge is 0.495 e. The second-order valence-corrected chi connectivity index (χ2v) is 2.44. The highest BCUT2D eigenvalue weighted by atomic mass is 35.5. The van der Waals surface area contributed by atoms with Crippen LogP contribution in [-0.4, -0.2) is 13.2 Å². The average molecular weight is 148 g/mol. The van der Waals surface area contributed by atoms with Crippen LogP contribution in [-0.2, 0) is 4.74 Å². The van der Waals surface area contributed by atoms with Gasteiger partial charge in [0.15, 0.2) is 0 Å². The fraction of sp³-hybridized carbons (Fsp3) is 0.667. The third-order valence-corrected chi connectivity index (χ3v) is 1.70. The highest BCUT2D eigenvalue weighted by molar-refractivity contribution is 6.29. The van der Waals surface area contributed by atoms with E-state index < -0.39 is 0 Å². The molecule has 0 bridgehead atoms. The Kier molecular flexibility index (Phi) is 2.37. The second-order valence-electron chi connectivity index (χ2n) is 1.98. The van der Waals surface area contributed by atoms with Crippen molar-refractivity contribution in [2.45, 2.75) is 12.8 Å². The lowest BCUT2D eigenvalue weighted by Crippen LogP contribution is -2.12. The van der Waals surface area contributed by atoms with Gasteiger partial charge in [0.1, 0.15) is 5.76 Å². The van der Waals surface area contributed by atoms with E-state index in [0.29, 0.717) is 6.54 Å². The molecule has 0 aromatic rings. The molecule has 0 unspecified atom stereocenters. The summed E-state index contributed by atoms with van der Waals surface area (Å²) < 4.78 is 5.16. The first-order valence-electron chi connectivity index (χ1n) is 3.05. The first-order chi connectivity index (χ1) is 4.34. The van der Waals surface area contributed by atoms with Gasteiger partial charge in [-0.1, -0.05) is 11.6 Å². The average Bonchev–Trinajstić information content (AvgIpc) is 1.89. The quantitative estimate of drug-likeness (QED) is 0.605. The molecular weight excluding hydrogens is 138 g/mol. The van der Waals surface area contributed by atoms with Crippen molar-refractivity contribution in [3.8, 4) is 0 Å². The maximum atomic E-state index is 5.76. The molecule has 0 aromatic carbocycles. The molecule has 1 aliphatic rings. The molecule has 0 aliphatic carbocycles. The summed E-state index contributed by atoms with van der Waals surface area (Å²) in [6.45, 7) is 1.20. The number of nitrogens with two attached hydrogens (primary N) is 1. The van der Waals surface area contributed by atoms with Gasteiger partial charge >= 0.3 is 0 Å². The van der Waals surface area contributed by atoms with Crippen LogP contribution in [0.5, 0.6) is 0 Å². The molecule has 2 N–H and O–H groups in total. The zero-order chi connectivity index (χ0) is 6.69. The molecule has 3 heteroatoms. The van der Waals surface area contributed by atoms with Crippen molar-refractivity contribution in [1.82, 2.24) is 0 Å². The van der Waals surface area contributed by atoms with E-state index in [1.165, 1.54) is 0 Å². The third-order valence-electron chi connectivity index (χ3n) is 1.30. The second kappa shape index (κ2) is 3.08. The van der Waals surface area contributed by atoms with Gasteiger partial charge in [0.2, 0.25) is 0 Å². The molecule has 1 rings (SSSR count). The van der Waals surface area contributed by atoms with Crippen molar-refractivity contribution in [3.05, 3.63) is 10.8 Å². The van der Waals surface area contributed by atoms with Crippen LogP contribution in [0, 0.1) is 0 Å². The SMILES string of the molecule is NCC1=C(Cl)CCCO1. The van der Waals surface area contributed by atoms with Crippen LogP contribution < -0.4 is 5.73 Å². The molecule has 0 amide bonds. The summed E-state index contributed by atoms with van der Waals surface area (Å²) in [4.78, 5) is 0. The van der Waals surface area contributed by atoms with Gasteiger partial charge in [-0.2, -0.15) is 0 Å². The zero-order valence-corrected chi connectivity index (χ0v) is 5.95. The smallest absolute Gasteiger partial charge is 0.124 e. The van der Waals surface area contributed by atoms with E-state index in [9.17, 15) is 0 Å². The molecule has 0 spiro atoms. The Labute approximate surface area is 59.6 Å². The highest BCUT2D eigenvalue weighted by Gasteiger charge is 2.09. The molecule has 0 saturated carbocycles. The summed E-state index contributed by atoms with van der Waals surface area (Å²) in [5, 5.41) is 0.795. The van der Waals surface area contributed by atoms with Crippen LogP contribution in [0.1, 0.15) is 12.8 Å². The Morgan fingerprint density at radius 2 is 2.44 bits per heavy atom. The number of ether oxygens (including phenoxy) is 1. The fourth-order valence-corrected chi connectivity index (χ4v) is 1.08. The summed E-state index contributed by atoms with van der Waals surface area (Å²) >= 11 is 5.76. The van der Waals surface area contributed by atoms with E-state index in [4.69, 9.17) is 22.1 Å². The Balaban J connectivity index is 2.59. The maximum absolute atomic E-state index is 5.76. The predicted octanol–water partition coefficient (Wildman–Crippen LogP) is 1.21. The molecule has 0 aromatic heterocycles. The highest BCUT2D eigenvalue weighted by Crippen LogP contribution is 2.20. The lowest BCUT2D eigenvalue weighted by atomic mass is 10.2. The molecule has 52 valence electrons. The molecule has 2 nitrogen and oxygen atoms in total. The molecule has 0 atom stereocenters. The van der Waals surface area contributed by atoms with Crippen molar-refractivity contribution in [2.75, 3.05) is 13.2 Å². The number of rotatable bonds is 1. The lowest BCUT2D eigenvalue weighted by molar-refractivity contribution is 0.189. The van der Waals surface area contributed by atoms with Crippen molar-refractivity contribution in [1.29, 1.82) is 0 Å². The van der Waals surface area contributed by atoms with Gasteiger partial charge in [-0.25, -0.2) is 0 Å². The van der Waals surface area contributed by atoms with Crippen molar-refractivity contribution in [2.24, 2.45) is 5.73 Å². The van der Waals surface area contributed by atoms with Crippen molar-refractivity contribution < 1.29 is 4.74 Å². The summed E-state index contributed by atoms with van der Waals surface area (Å²) in [7, 11) is 0. The fourth-order valence-electron chi connectivity index (χ4n) is 0.810. The van der Waals surface area contributed by atoms with E-state index in [-0.39, 0.29) is 0 Å². The van der Waals surface area contributed by atoms with Crippen LogP contribution in [0.15, 0.2) is 10.8 Å². The van der Waals surface area contributed by atoms with E-state index in [1.54, 1.807) is 0 Å². The standard InChI is InChI=1S/C6H10ClNO/c7-5-2-1-3-9-6(5)4-8/h1-4,8H2. The first kappa shape index (κ1) is 6.90. The van der Waals surface area contributed by atoms with Gasteiger partial charge in [-0.3, -0.25) is 0 Å². The van der Waals surface area contributed by atoms with Crippen LogP contribution in [0.3, 0.4) is 0 Å². The molecule has 1 heterocycles. The van der Waals surface area contributed by atoms with Crippen LogP contribution >= 0.6 is 11.6 Å². The zero-order valence-electron chi connectivity index (χ0n) is 5.19. The van der Waals surface area contributed by atoms with Gasteiger partial charge in [-0.05, 0) is 12.8 Å². The molecule has 0 radical (unpaired) electrons. The van der Waals surface area contributed by atoms with E-state index in [1.807, 2.05) is 0 Å². The number of hydrogen-bond donors (Lipinski definition) is 1. The summed E-state index contributed by atoms with van der Waals surface area (Å²) in [5.41, 5.74) is 5.33. The Morgan fingerprint density at radius 1 is 1.67 bits per heavy atom. The minimum Gasteiger partial charge on any atom is -0.495 e. The van der Waals surface area contributed by atoms with Gasteiger partial charge in [-0.15, -0.1) is 0 Å². The Bertz CT molecular complexity index is 133. The van der Waals surface area contributed by atoms with E-state index in [0.717, 1.165) is 30.2 Å². The minimum absolute atomic E-state index is 0.429. The van der Waals surface area contributed by atoms with Crippen molar-refractivity contribution in [3.63, 3.8) is 0 Å². The Morgan fingerprint density at radius 3 is 2.89 bits per heavy atom. The molecule has 0 saturated heterocycles. The van der Waals surface area contributed by atoms with Gasteiger partial charge in [0.05, 0.1) is 18.2 Å². The Hall–Kier alpha value is -0.210. The first-order valence-corrected chi connectivity index (χ1v) is 3.43. The molecule has 1 aliphatic heterocycles. The van der Waals surface area contributed by atoms with Gasteiger partial charge in [0.25, 0.3) is 0 Å². The number of halogens is 1. The van der Waals surface area contributed by atoms with Gasteiger partial charge in [0, 0.05) is 0 Å². The normalized spacial score (nSPS) is 19.8. The summed E-state index contributed by atoms with van der Waals surface area (Å²) in [6.07, 6.45) is 1.94. The third kappa shape index (κ3) is 1.60. The van der Waals surface area contributed by atoms with Crippen LogP contribution in [0.2, 0.25) is 0 Å². The molecule has 0 fully saturated rings. The predicted molar refractivity (Wildman–Crippen MR) is 37.1 cm³/mol. The van der Waals surface area contributed by atoms with Gasteiger partial charge < -0.3 is 10.5 Å². The lowest BCUT2D eigenvalue weighted by Gasteiger charge is -2.15. The summed E-state index contributed by atoms with van der Waals surface area (Å²) in [6, 6.07) is 0. The van der Waals surface area contributed by atoms with E-state index in [2.05, 4.69) is 0 Å². The monoisotopic (exact) mass is 147 g/mol. The number of hydrogen-bond acceptors (Lipinski definition) is 2. The van der Waals surface area contributed by atoms with Crippen molar-refractivity contribution >= 4 is 11.6 Å². The van der Waals surface area contributed by atoms with E-state index >= 15 is 0 Å². The molecule has 9 heavy (non-hydrogen) atoms. The minimum atomic E-state index is 0.429. The molecular formula is C6H10ClNO. The van der Waals surface area contributed by atoms with Crippen LogP contribution in [0.25, 0.3) is 0 Å². The van der Waals surface area contributed by atoms with Crippen LogP contribution in [0.4, 0.5) is 0 Å². The summed E-state index contributed by atoms with van der Waals surface area (Å²) in [5.74, 6) is 0.767. The maximum Gasteiger partial charge on any atom is 0.124 e. The topological polar surface area (TPSA) is 35.2 Å².